The molecule has 0 amide bonds. The van der Waals surface area contributed by atoms with Crippen LogP contribution in [0.25, 0.3) is 133 Å². The molecule has 0 aliphatic rings. The first-order chi connectivity index (χ1) is 34.2. The summed E-state index contributed by atoms with van der Waals surface area (Å²) in [5.41, 5.74) is 15.1. The van der Waals surface area contributed by atoms with Crippen LogP contribution in [0.4, 0.5) is 0 Å². The second-order valence-electron chi connectivity index (χ2n) is 17.5. The number of rotatable bonds is 7. The van der Waals surface area contributed by atoms with Gasteiger partial charge in [0.15, 0.2) is 23.1 Å². The lowest BCUT2D eigenvalue weighted by Gasteiger charge is -2.13. The molecule has 0 unspecified atom stereocenters. The average molecular weight is 882 g/mol. The van der Waals surface area contributed by atoms with Gasteiger partial charge in [-0.05, 0) is 59.7 Å². The van der Waals surface area contributed by atoms with Gasteiger partial charge in [-0.3, -0.25) is 0 Å². The molecule has 0 spiro atoms. The summed E-state index contributed by atoms with van der Waals surface area (Å²) in [5, 5.41) is 6.83. The number of furan rings is 1. The minimum absolute atomic E-state index is 0.570. The maximum absolute atomic E-state index is 7.36. The Kier molecular flexibility index (Phi) is 8.79. The molecule has 6 heteroatoms. The molecule has 69 heavy (non-hydrogen) atoms. The van der Waals surface area contributed by atoms with Gasteiger partial charge in [-0.1, -0.05) is 188 Å². The number of aromatic nitrogens is 5. The van der Waals surface area contributed by atoms with Gasteiger partial charge in [0, 0.05) is 65.8 Å². The maximum Gasteiger partial charge on any atom is 0.164 e. The summed E-state index contributed by atoms with van der Waals surface area (Å²) >= 11 is 0. The molecule has 0 atom stereocenters. The van der Waals surface area contributed by atoms with Crippen molar-refractivity contribution < 1.29 is 4.42 Å². The fraction of sp³-hybridized carbons (Fsp3) is 0. The Bertz CT molecular complexity index is 4230. The first kappa shape index (κ1) is 38.8. The Balaban J connectivity index is 1.02. The lowest BCUT2D eigenvalue weighted by atomic mass is 9.96. The standard InChI is InChI=1S/C63H39N5O/c1-5-19-40(20-6-1)57-52(63-65-61(41-21-7-2-8-22-41)64-62(66-63)42-23-9-3-10-24-42)38-37-51-50-31-18-34-55(59(50)69-60(51)57)68-54-33-16-13-27-46(54)48-36-35-43(39-56(48)68)45-29-17-30-49-47-28-14-15-32-53(47)67(58(45)49)44-25-11-4-12-26-44/h1-39H. The summed E-state index contributed by atoms with van der Waals surface area (Å²) < 4.78 is 12.2. The van der Waals surface area contributed by atoms with E-state index in [0.717, 1.165) is 83.3 Å². The highest BCUT2D eigenvalue weighted by molar-refractivity contribution is 6.18. The second-order valence-corrected chi connectivity index (χ2v) is 17.5. The summed E-state index contributed by atoms with van der Waals surface area (Å²) in [6.45, 7) is 0. The van der Waals surface area contributed by atoms with Gasteiger partial charge in [0.25, 0.3) is 0 Å². The van der Waals surface area contributed by atoms with E-state index >= 15 is 0 Å². The number of benzene rings is 10. The number of hydrogen-bond donors (Lipinski definition) is 0. The van der Waals surface area contributed by atoms with Crippen LogP contribution in [0.3, 0.4) is 0 Å². The molecule has 14 rings (SSSR count). The van der Waals surface area contributed by atoms with Crippen LogP contribution in [0.5, 0.6) is 0 Å². The van der Waals surface area contributed by atoms with Crippen LogP contribution in [-0.4, -0.2) is 24.1 Å². The summed E-state index contributed by atoms with van der Waals surface area (Å²) in [6, 6.07) is 83.2. The van der Waals surface area contributed by atoms with E-state index in [2.05, 4.69) is 179 Å². The zero-order chi connectivity index (χ0) is 45.4. The molecule has 0 aliphatic carbocycles. The van der Waals surface area contributed by atoms with Crippen molar-refractivity contribution in [2.75, 3.05) is 0 Å². The van der Waals surface area contributed by atoms with Gasteiger partial charge in [-0.2, -0.15) is 0 Å². The Morgan fingerprint density at radius 1 is 0.304 bits per heavy atom. The van der Waals surface area contributed by atoms with Gasteiger partial charge in [-0.25, -0.2) is 15.0 Å². The van der Waals surface area contributed by atoms with Crippen LogP contribution in [0.1, 0.15) is 0 Å². The van der Waals surface area contributed by atoms with Crippen LogP contribution in [0, 0.1) is 0 Å². The van der Waals surface area contributed by atoms with Crippen LogP contribution in [-0.2, 0) is 0 Å². The Hall–Kier alpha value is -9.39. The lowest BCUT2D eigenvalue weighted by Crippen LogP contribution is -2.01. The summed E-state index contributed by atoms with van der Waals surface area (Å²) in [5.74, 6) is 1.78. The van der Waals surface area contributed by atoms with E-state index in [1.165, 1.54) is 32.6 Å². The van der Waals surface area contributed by atoms with Gasteiger partial charge in [0.05, 0.1) is 27.8 Å². The molecular weight excluding hydrogens is 843 g/mol. The van der Waals surface area contributed by atoms with E-state index < -0.39 is 0 Å². The molecule has 6 nitrogen and oxygen atoms in total. The monoisotopic (exact) mass is 881 g/mol. The normalized spacial score (nSPS) is 11.8. The Labute approximate surface area is 396 Å². The van der Waals surface area contributed by atoms with Crippen molar-refractivity contribution >= 4 is 65.6 Å². The lowest BCUT2D eigenvalue weighted by molar-refractivity contribution is 0.667. The van der Waals surface area contributed by atoms with E-state index in [0.29, 0.717) is 17.5 Å². The van der Waals surface area contributed by atoms with E-state index in [4.69, 9.17) is 19.4 Å². The molecule has 4 aromatic heterocycles. The average Bonchev–Trinajstić information content (AvgIpc) is 4.09. The van der Waals surface area contributed by atoms with Gasteiger partial charge < -0.3 is 13.6 Å². The zero-order valence-electron chi connectivity index (χ0n) is 37.2. The minimum Gasteiger partial charge on any atom is -0.453 e. The van der Waals surface area contributed by atoms with Crippen LogP contribution in [0.15, 0.2) is 241 Å². The third-order valence-electron chi connectivity index (χ3n) is 13.6. The van der Waals surface area contributed by atoms with Crippen LogP contribution in [0.2, 0.25) is 0 Å². The van der Waals surface area contributed by atoms with E-state index in [9.17, 15) is 0 Å². The molecule has 322 valence electrons. The molecular formula is C63H39N5O. The summed E-state index contributed by atoms with van der Waals surface area (Å²) in [7, 11) is 0. The van der Waals surface area contributed by atoms with Crippen molar-refractivity contribution in [2.24, 2.45) is 0 Å². The second kappa shape index (κ2) is 15.6. The van der Waals surface area contributed by atoms with Crippen molar-refractivity contribution in [2.45, 2.75) is 0 Å². The van der Waals surface area contributed by atoms with Gasteiger partial charge in [0.1, 0.15) is 5.58 Å². The van der Waals surface area contributed by atoms with E-state index in [1.54, 1.807) is 0 Å². The third-order valence-corrected chi connectivity index (χ3v) is 13.6. The number of para-hydroxylation sites is 5. The first-order valence-electron chi connectivity index (χ1n) is 23.3. The molecule has 0 saturated carbocycles. The van der Waals surface area contributed by atoms with Crippen molar-refractivity contribution in [3.63, 3.8) is 0 Å². The zero-order valence-corrected chi connectivity index (χ0v) is 37.2. The molecule has 0 radical (unpaired) electrons. The highest BCUT2D eigenvalue weighted by Crippen LogP contribution is 2.46. The molecule has 0 saturated heterocycles. The molecule has 4 heterocycles. The maximum atomic E-state index is 7.36. The fourth-order valence-corrected chi connectivity index (χ4v) is 10.5. The van der Waals surface area contributed by atoms with Crippen molar-refractivity contribution in [3.8, 4) is 67.8 Å². The molecule has 0 bridgehead atoms. The molecule has 0 aliphatic heterocycles. The topological polar surface area (TPSA) is 61.7 Å². The number of hydrogen-bond acceptors (Lipinski definition) is 4. The summed E-state index contributed by atoms with van der Waals surface area (Å²) in [6.07, 6.45) is 0. The Morgan fingerprint density at radius 3 is 1.51 bits per heavy atom. The predicted molar refractivity (Wildman–Crippen MR) is 283 cm³/mol. The smallest absolute Gasteiger partial charge is 0.164 e. The van der Waals surface area contributed by atoms with Crippen molar-refractivity contribution in [1.82, 2.24) is 24.1 Å². The van der Waals surface area contributed by atoms with Crippen molar-refractivity contribution in [3.05, 3.63) is 237 Å². The van der Waals surface area contributed by atoms with Crippen LogP contribution >= 0.6 is 0 Å². The first-order valence-corrected chi connectivity index (χ1v) is 23.3. The summed E-state index contributed by atoms with van der Waals surface area (Å²) in [4.78, 5) is 15.4. The largest absolute Gasteiger partial charge is 0.453 e. The quantitative estimate of drug-likeness (QED) is 0.160. The van der Waals surface area contributed by atoms with Gasteiger partial charge in [0.2, 0.25) is 0 Å². The molecule has 14 aromatic rings. The molecule has 10 aromatic carbocycles. The highest BCUT2D eigenvalue weighted by atomic mass is 16.3. The van der Waals surface area contributed by atoms with Gasteiger partial charge >= 0.3 is 0 Å². The number of nitrogens with zero attached hydrogens (tertiary/aromatic N) is 5. The fourth-order valence-electron chi connectivity index (χ4n) is 10.5. The minimum atomic E-state index is 0.570. The predicted octanol–water partition coefficient (Wildman–Crippen LogP) is 16.3. The SMILES string of the molecule is c1ccc(-c2nc(-c3ccccc3)nc(-c3ccc4c(oc5c(-n6c7ccccc7c7ccc(-c8cccc9c%10ccccc%10n(-c%10ccccc%10)c89)cc76)cccc54)c3-c3ccccc3)n2)cc1. The number of fused-ring (bicyclic) bond motifs is 9. The van der Waals surface area contributed by atoms with Crippen molar-refractivity contribution in [1.29, 1.82) is 0 Å². The van der Waals surface area contributed by atoms with E-state index in [1.807, 2.05) is 66.7 Å². The molecule has 0 fully saturated rings. The van der Waals surface area contributed by atoms with E-state index in [-0.39, 0.29) is 0 Å². The third kappa shape index (κ3) is 6.16. The van der Waals surface area contributed by atoms with Gasteiger partial charge in [-0.15, -0.1) is 0 Å². The van der Waals surface area contributed by atoms with Crippen LogP contribution < -0.4 is 0 Å². The Morgan fingerprint density at radius 2 is 0.812 bits per heavy atom. The molecule has 0 N–H and O–H groups in total. The highest BCUT2D eigenvalue weighted by Gasteiger charge is 2.24.